The molecular formula is C15H22O2. The van der Waals surface area contributed by atoms with Crippen molar-refractivity contribution in [2.75, 3.05) is 0 Å². The normalized spacial score (nSPS) is 25.9. The fourth-order valence-corrected chi connectivity index (χ4v) is 1.73. The third-order valence-electron chi connectivity index (χ3n) is 2.50. The van der Waals surface area contributed by atoms with Crippen LogP contribution in [0.2, 0.25) is 0 Å². The van der Waals surface area contributed by atoms with Gasteiger partial charge in [0.25, 0.3) is 0 Å². The van der Waals surface area contributed by atoms with Crippen LogP contribution in [0, 0.1) is 0 Å². The Morgan fingerprint density at radius 1 is 1.41 bits per heavy atom. The van der Waals surface area contributed by atoms with Crippen LogP contribution in [0.1, 0.15) is 34.1 Å². The Bertz CT molecular complexity index is 368. The van der Waals surface area contributed by atoms with Crippen LogP contribution in [0.3, 0.4) is 0 Å². The monoisotopic (exact) mass is 234 g/mol. The lowest BCUT2D eigenvalue weighted by molar-refractivity contribution is -0.0968. The van der Waals surface area contributed by atoms with Crippen molar-refractivity contribution in [2.24, 2.45) is 0 Å². The Labute approximate surface area is 104 Å². The average molecular weight is 234 g/mol. The molecule has 2 heteroatoms. The molecule has 1 aliphatic rings. The minimum atomic E-state index is -0.764. The second kappa shape index (κ2) is 6.58. The van der Waals surface area contributed by atoms with E-state index in [9.17, 15) is 5.11 Å². The molecule has 0 aliphatic carbocycles. The maximum absolute atomic E-state index is 9.46. The Morgan fingerprint density at radius 2 is 2.12 bits per heavy atom. The van der Waals surface area contributed by atoms with Crippen LogP contribution in [0.25, 0.3) is 0 Å². The fraction of sp³-hybridized carbons (Fsp3) is 0.467. The third kappa shape index (κ3) is 5.66. The van der Waals surface area contributed by atoms with Gasteiger partial charge in [-0.05, 0) is 40.2 Å². The molecular weight excluding hydrogens is 212 g/mol. The second-order valence-corrected chi connectivity index (χ2v) is 4.80. The summed E-state index contributed by atoms with van der Waals surface area (Å²) in [7, 11) is 0. The SMILES string of the molecule is CC(C)=C/C=C/C(C)=C/C1CC(C)=CC(O)O1. The van der Waals surface area contributed by atoms with Crippen molar-refractivity contribution in [3.8, 4) is 0 Å². The van der Waals surface area contributed by atoms with Gasteiger partial charge in [0.2, 0.25) is 0 Å². The van der Waals surface area contributed by atoms with Gasteiger partial charge in [-0.15, -0.1) is 0 Å². The van der Waals surface area contributed by atoms with E-state index in [0.29, 0.717) is 0 Å². The van der Waals surface area contributed by atoms with Gasteiger partial charge in [0.15, 0.2) is 6.29 Å². The zero-order valence-electron chi connectivity index (χ0n) is 11.1. The van der Waals surface area contributed by atoms with Gasteiger partial charge in [-0.25, -0.2) is 0 Å². The molecule has 2 unspecified atom stereocenters. The fourth-order valence-electron chi connectivity index (χ4n) is 1.73. The Balaban J connectivity index is 2.60. The highest BCUT2D eigenvalue weighted by atomic mass is 16.6. The van der Waals surface area contributed by atoms with Crippen molar-refractivity contribution in [2.45, 2.75) is 46.5 Å². The van der Waals surface area contributed by atoms with E-state index in [4.69, 9.17) is 4.74 Å². The Morgan fingerprint density at radius 3 is 2.71 bits per heavy atom. The predicted molar refractivity (Wildman–Crippen MR) is 71.6 cm³/mol. The minimum Gasteiger partial charge on any atom is -0.365 e. The number of aliphatic hydroxyl groups excluding tert-OH is 1. The quantitative estimate of drug-likeness (QED) is 0.598. The summed E-state index contributed by atoms with van der Waals surface area (Å²) in [4.78, 5) is 0. The van der Waals surface area contributed by atoms with E-state index in [1.165, 1.54) is 11.1 Å². The standard InChI is InChI=1S/C15H22O2/c1-11(2)6-5-7-12(3)8-14-9-13(4)10-15(16)17-14/h5-8,10,14-16H,9H2,1-4H3/b7-5+,12-8+. The van der Waals surface area contributed by atoms with Crippen molar-refractivity contribution in [1.29, 1.82) is 0 Å². The van der Waals surface area contributed by atoms with Crippen molar-refractivity contribution in [3.63, 3.8) is 0 Å². The van der Waals surface area contributed by atoms with Crippen LogP contribution in [0.15, 0.2) is 47.1 Å². The van der Waals surface area contributed by atoms with Gasteiger partial charge < -0.3 is 9.84 Å². The number of hydrogen-bond donors (Lipinski definition) is 1. The first kappa shape index (κ1) is 13.9. The molecule has 0 bridgehead atoms. The van der Waals surface area contributed by atoms with Crippen LogP contribution in [0.4, 0.5) is 0 Å². The highest BCUT2D eigenvalue weighted by Gasteiger charge is 2.16. The van der Waals surface area contributed by atoms with E-state index >= 15 is 0 Å². The summed E-state index contributed by atoms with van der Waals surface area (Å²) in [5.74, 6) is 0. The molecule has 0 radical (unpaired) electrons. The van der Waals surface area contributed by atoms with E-state index in [1.54, 1.807) is 6.08 Å². The summed E-state index contributed by atoms with van der Waals surface area (Å²) in [6.07, 6.45) is 10.0. The van der Waals surface area contributed by atoms with Crippen molar-refractivity contribution < 1.29 is 9.84 Å². The molecule has 0 fully saturated rings. The van der Waals surface area contributed by atoms with Gasteiger partial charge in [0.05, 0.1) is 6.10 Å². The van der Waals surface area contributed by atoms with E-state index in [1.807, 2.05) is 19.9 Å². The van der Waals surface area contributed by atoms with Gasteiger partial charge >= 0.3 is 0 Å². The first-order chi connectivity index (χ1) is 7.97. The molecule has 0 amide bonds. The number of aliphatic hydroxyl groups is 1. The smallest absolute Gasteiger partial charge is 0.175 e. The van der Waals surface area contributed by atoms with E-state index < -0.39 is 6.29 Å². The second-order valence-electron chi connectivity index (χ2n) is 4.80. The van der Waals surface area contributed by atoms with E-state index in [0.717, 1.165) is 12.0 Å². The van der Waals surface area contributed by atoms with E-state index in [2.05, 4.69) is 32.1 Å². The Hall–Kier alpha value is -1.12. The predicted octanol–water partition coefficient (Wildman–Crippen LogP) is 3.51. The lowest BCUT2D eigenvalue weighted by Crippen LogP contribution is -2.24. The van der Waals surface area contributed by atoms with Crippen LogP contribution < -0.4 is 0 Å². The highest BCUT2D eigenvalue weighted by Crippen LogP contribution is 2.19. The first-order valence-electron chi connectivity index (χ1n) is 5.98. The van der Waals surface area contributed by atoms with Gasteiger partial charge in [-0.1, -0.05) is 41.0 Å². The molecule has 17 heavy (non-hydrogen) atoms. The molecule has 0 saturated carbocycles. The van der Waals surface area contributed by atoms with Crippen molar-refractivity contribution in [3.05, 3.63) is 47.1 Å². The van der Waals surface area contributed by atoms with E-state index in [-0.39, 0.29) is 6.10 Å². The summed E-state index contributed by atoms with van der Waals surface area (Å²) in [6.45, 7) is 8.19. The minimum absolute atomic E-state index is 0.0219. The lowest BCUT2D eigenvalue weighted by atomic mass is 10.0. The molecule has 1 rings (SSSR count). The summed E-state index contributed by atoms with van der Waals surface area (Å²) in [5, 5.41) is 9.46. The molecule has 94 valence electrons. The third-order valence-corrected chi connectivity index (χ3v) is 2.50. The number of ether oxygens (including phenoxy) is 1. The largest absolute Gasteiger partial charge is 0.365 e. The number of hydrogen-bond acceptors (Lipinski definition) is 2. The molecule has 0 aromatic rings. The molecule has 0 aromatic heterocycles. The molecule has 1 aliphatic heterocycles. The first-order valence-corrected chi connectivity index (χ1v) is 5.98. The Kier molecular flexibility index (Phi) is 5.39. The highest BCUT2D eigenvalue weighted by molar-refractivity contribution is 5.24. The zero-order valence-corrected chi connectivity index (χ0v) is 11.1. The summed E-state index contributed by atoms with van der Waals surface area (Å²) in [5.41, 5.74) is 3.60. The maximum atomic E-state index is 9.46. The molecule has 2 nitrogen and oxygen atoms in total. The summed E-state index contributed by atoms with van der Waals surface area (Å²) in [6, 6.07) is 0. The van der Waals surface area contributed by atoms with Crippen LogP contribution in [-0.4, -0.2) is 17.5 Å². The zero-order chi connectivity index (χ0) is 12.8. The molecule has 0 spiro atoms. The number of rotatable bonds is 3. The van der Waals surface area contributed by atoms with Crippen LogP contribution in [0.5, 0.6) is 0 Å². The topological polar surface area (TPSA) is 29.5 Å². The van der Waals surface area contributed by atoms with Gasteiger partial charge in [-0.2, -0.15) is 0 Å². The van der Waals surface area contributed by atoms with Crippen molar-refractivity contribution >= 4 is 0 Å². The average Bonchev–Trinajstić information content (AvgIpc) is 2.14. The van der Waals surface area contributed by atoms with Gasteiger partial charge in [0.1, 0.15) is 0 Å². The lowest BCUT2D eigenvalue weighted by Gasteiger charge is -2.23. The van der Waals surface area contributed by atoms with Gasteiger partial charge in [0, 0.05) is 0 Å². The van der Waals surface area contributed by atoms with Crippen molar-refractivity contribution in [1.82, 2.24) is 0 Å². The molecule has 2 atom stereocenters. The number of allylic oxidation sites excluding steroid dienone is 5. The summed E-state index contributed by atoms with van der Waals surface area (Å²) < 4.78 is 5.41. The summed E-state index contributed by atoms with van der Waals surface area (Å²) >= 11 is 0. The molecule has 0 saturated heterocycles. The molecule has 0 aromatic carbocycles. The van der Waals surface area contributed by atoms with Crippen LogP contribution >= 0.6 is 0 Å². The molecule has 1 N–H and O–H groups in total. The van der Waals surface area contributed by atoms with Crippen LogP contribution in [-0.2, 0) is 4.74 Å². The van der Waals surface area contributed by atoms with Gasteiger partial charge in [-0.3, -0.25) is 0 Å². The molecule has 1 heterocycles. The maximum Gasteiger partial charge on any atom is 0.175 e.